The molecule has 0 saturated carbocycles. The molecule has 0 aliphatic carbocycles. The molecule has 0 spiro atoms. The van der Waals surface area contributed by atoms with Gasteiger partial charge < -0.3 is 14.7 Å². The van der Waals surface area contributed by atoms with Crippen molar-refractivity contribution in [2.24, 2.45) is 5.16 Å². The third kappa shape index (κ3) is 4.25. The maximum absolute atomic E-state index is 11.2. The van der Waals surface area contributed by atoms with Crippen LogP contribution in [0.3, 0.4) is 0 Å². The van der Waals surface area contributed by atoms with Gasteiger partial charge in [0.15, 0.2) is 12.2 Å². The molecule has 0 amide bonds. The summed E-state index contributed by atoms with van der Waals surface area (Å²) in [6.07, 6.45) is 0.203. The molecule has 0 bridgehead atoms. The van der Waals surface area contributed by atoms with Crippen molar-refractivity contribution >= 4 is 11.7 Å². The highest BCUT2D eigenvalue weighted by Gasteiger charge is 2.24. The topological polar surface area (TPSA) is 68.1 Å². The minimum Gasteiger partial charge on any atom is -0.479 e. The highest BCUT2D eigenvalue weighted by atomic mass is 16.6. The van der Waals surface area contributed by atoms with Crippen LogP contribution in [0, 0.1) is 0 Å². The van der Waals surface area contributed by atoms with Crippen molar-refractivity contribution in [3.63, 3.8) is 0 Å². The molecule has 1 aliphatic rings. The minimum absolute atomic E-state index is 0.0507. The van der Waals surface area contributed by atoms with E-state index < -0.39 is 12.1 Å². The molecule has 1 aliphatic heterocycles. The first kappa shape index (κ1) is 17.2. The van der Waals surface area contributed by atoms with Gasteiger partial charge in [0.05, 0.1) is 5.71 Å². The summed E-state index contributed by atoms with van der Waals surface area (Å²) in [4.78, 5) is 16.7. The Hall–Kier alpha value is -2.66. The summed E-state index contributed by atoms with van der Waals surface area (Å²) in [5.41, 5.74) is 3.92. The fraction of sp³-hybridized carbons (Fsp3) is 0.300. The van der Waals surface area contributed by atoms with Crippen LogP contribution in [0.5, 0.6) is 0 Å². The molecule has 5 nitrogen and oxygen atoms in total. The second kappa shape index (κ2) is 7.94. The predicted octanol–water partition coefficient (Wildman–Crippen LogP) is 3.58. The lowest BCUT2D eigenvalue weighted by Gasteiger charge is -2.12. The molecular weight excluding hydrogens is 318 g/mol. The highest BCUT2D eigenvalue weighted by molar-refractivity contribution is 6.01. The van der Waals surface area contributed by atoms with Gasteiger partial charge in [-0.2, -0.15) is 0 Å². The number of hydrogen-bond acceptors (Lipinski definition) is 4. The number of oxime groups is 1. The second-order valence-electron chi connectivity index (χ2n) is 5.93. The van der Waals surface area contributed by atoms with E-state index in [0.717, 1.165) is 28.8 Å². The van der Waals surface area contributed by atoms with Gasteiger partial charge in [-0.3, -0.25) is 0 Å². The quantitative estimate of drug-likeness (QED) is 0.837. The molecule has 3 rings (SSSR count). The lowest BCUT2D eigenvalue weighted by atomic mass is 9.98. The van der Waals surface area contributed by atoms with Crippen molar-refractivity contribution in [3.8, 4) is 0 Å². The van der Waals surface area contributed by atoms with Crippen molar-refractivity contribution < 1.29 is 19.5 Å². The Morgan fingerprint density at radius 1 is 1.24 bits per heavy atom. The maximum Gasteiger partial charge on any atom is 0.333 e. The van der Waals surface area contributed by atoms with E-state index in [1.165, 1.54) is 0 Å². The summed E-state index contributed by atoms with van der Waals surface area (Å²) in [6.45, 7) is 2.17. The Morgan fingerprint density at radius 2 is 1.96 bits per heavy atom. The standard InChI is InChI=1S/C20H21NO4/c1-2-24-19(20(22)23)12-14-8-10-15(11-9-14)17-13-18(25-21-17)16-6-4-3-5-7-16/h3-11,18-19H,2,12-13H2,1H3,(H,22,23). The summed E-state index contributed by atoms with van der Waals surface area (Å²) in [5, 5.41) is 13.4. The predicted molar refractivity (Wildman–Crippen MR) is 94.6 cm³/mol. The van der Waals surface area contributed by atoms with Gasteiger partial charge in [-0.05, 0) is 23.6 Å². The zero-order valence-corrected chi connectivity index (χ0v) is 14.1. The van der Waals surface area contributed by atoms with Crippen LogP contribution in [0.2, 0.25) is 0 Å². The van der Waals surface area contributed by atoms with Crippen molar-refractivity contribution in [2.45, 2.75) is 32.0 Å². The average Bonchev–Trinajstić information content (AvgIpc) is 3.13. The van der Waals surface area contributed by atoms with E-state index in [0.29, 0.717) is 13.0 Å². The van der Waals surface area contributed by atoms with Gasteiger partial charge in [-0.25, -0.2) is 4.79 Å². The van der Waals surface area contributed by atoms with Gasteiger partial charge in [0.1, 0.15) is 0 Å². The van der Waals surface area contributed by atoms with E-state index in [-0.39, 0.29) is 6.10 Å². The van der Waals surface area contributed by atoms with Crippen molar-refractivity contribution in [1.29, 1.82) is 0 Å². The smallest absolute Gasteiger partial charge is 0.333 e. The lowest BCUT2D eigenvalue weighted by Crippen LogP contribution is -2.26. The Balaban J connectivity index is 1.64. The molecule has 2 atom stereocenters. The van der Waals surface area contributed by atoms with E-state index in [1.54, 1.807) is 6.92 Å². The normalized spacial score (nSPS) is 17.6. The number of carboxylic acid groups (broad SMARTS) is 1. The molecule has 1 heterocycles. The van der Waals surface area contributed by atoms with Gasteiger partial charge in [0.25, 0.3) is 0 Å². The third-order valence-corrected chi connectivity index (χ3v) is 4.19. The summed E-state index contributed by atoms with van der Waals surface area (Å²) in [6, 6.07) is 17.8. The molecule has 5 heteroatoms. The lowest BCUT2D eigenvalue weighted by molar-refractivity contribution is -0.149. The molecule has 0 saturated heterocycles. The van der Waals surface area contributed by atoms with E-state index in [1.807, 2.05) is 54.6 Å². The van der Waals surface area contributed by atoms with Crippen LogP contribution >= 0.6 is 0 Å². The van der Waals surface area contributed by atoms with Crippen molar-refractivity contribution in [2.75, 3.05) is 6.61 Å². The first-order valence-corrected chi connectivity index (χ1v) is 8.38. The van der Waals surface area contributed by atoms with Crippen LogP contribution in [0.4, 0.5) is 0 Å². The largest absolute Gasteiger partial charge is 0.479 e. The average molecular weight is 339 g/mol. The second-order valence-corrected chi connectivity index (χ2v) is 5.93. The summed E-state index contributed by atoms with van der Waals surface area (Å²) in [7, 11) is 0. The van der Waals surface area contributed by atoms with E-state index in [2.05, 4.69) is 5.16 Å². The summed E-state index contributed by atoms with van der Waals surface area (Å²) in [5.74, 6) is -0.940. The first-order chi connectivity index (χ1) is 12.2. The third-order valence-electron chi connectivity index (χ3n) is 4.19. The van der Waals surface area contributed by atoms with Crippen molar-refractivity contribution in [3.05, 3.63) is 71.3 Å². The zero-order valence-electron chi connectivity index (χ0n) is 14.1. The number of hydrogen-bond donors (Lipinski definition) is 1. The fourth-order valence-corrected chi connectivity index (χ4v) is 2.86. The molecule has 0 aromatic heterocycles. The van der Waals surface area contributed by atoms with Crippen LogP contribution in [0.1, 0.15) is 36.1 Å². The number of aliphatic carboxylic acids is 1. The molecule has 25 heavy (non-hydrogen) atoms. The van der Waals surface area contributed by atoms with Crippen LogP contribution in [-0.2, 0) is 20.8 Å². The van der Waals surface area contributed by atoms with Crippen LogP contribution in [-0.4, -0.2) is 29.5 Å². The first-order valence-electron chi connectivity index (χ1n) is 8.38. The monoisotopic (exact) mass is 339 g/mol. The molecule has 1 N–H and O–H groups in total. The molecule has 2 unspecified atom stereocenters. The zero-order chi connectivity index (χ0) is 17.6. The van der Waals surface area contributed by atoms with Gasteiger partial charge in [0.2, 0.25) is 0 Å². The van der Waals surface area contributed by atoms with Crippen LogP contribution < -0.4 is 0 Å². The van der Waals surface area contributed by atoms with Gasteiger partial charge in [-0.1, -0.05) is 59.8 Å². The van der Waals surface area contributed by atoms with E-state index in [9.17, 15) is 4.79 Å². The molecule has 0 radical (unpaired) electrons. The number of nitrogens with zero attached hydrogens (tertiary/aromatic N) is 1. The number of carbonyl (C=O) groups is 1. The SMILES string of the molecule is CCOC(Cc1ccc(C2=NOC(c3ccccc3)C2)cc1)C(=O)O. The Bertz CT molecular complexity index is 740. The number of rotatable bonds is 7. The van der Waals surface area contributed by atoms with Gasteiger partial charge in [-0.15, -0.1) is 0 Å². The molecule has 0 fully saturated rings. The Morgan fingerprint density at radius 3 is 2.60 bits per heavy atom. The molecule has 130 valence electrons. The van der Waals surface area contributed by atoms with E-state index in [4.69, 9.17) is 14.7 Å². The van der Waals surface area contributed by atoms with Crippen molar-refractivity contribution in [1.82, 2.24) is 0 Å². The number of ether oxygens (including phenoxy) is 1. The van der Waals surface area contributed by atoms with Gasteiger partial charge >= 0.3 is 5.97 Å². The van der Waals surface area contributed by atoms with E-state index >= 15 is 0 Å². The van der Waals surface area contributed by atoms with Crippen LogP contribution in [0.15, 0.2) is 59.8 Å². The maximum atomic E-state index is 11.2. The molecule has 2 aromatic carbocycles. The number of benzene rings is 2. The van der Waals surface area contributed by atoms with Crippen LogP contribution in [0.25, 0.3) is 0 Å². The minimum atomic E-state index is -0.940. The van der Waals surface area contributed by atoms with Gasteiger partial charge in [0, 0.05) is 19.4 Å². The Labute approximate surface area is 146 Å². The Kier molecular flexibility index (Phi) is 5.46. The summed E-state index contributed by atoms with van der Waals surface area (Å²) < 4.78 is 5.26. The number of carboxylic acids is 1. The molecule has 2 aromatic rings. The molecular formula is C20H21NO4. The summed E-state index contributed by atoms with van der Waals surface area (Å²) >= 11 is 0. The fourth-order valence-electron chi connectivity index (χ4n) is 2.86. The highest BCUT2D eigenvalue weighted by Crippen LogP contribution is 2.29.